The molecule has 0 radical (unpaired) electrons. The third-order valence-electron chi connectivity index (χ3n) is 8.57. The molecule has 0 aliphatic carbocycles. The van der Waals surface area contributed by atoms with Gasteiger partial charge in [0.05, 0.1) is 0 Å². The molecule has 0 bridgehead atoms. The summed E-state index contributed by atoms with van der Waals surface area (Å²) < 4.78 is 5.92. The monoisotopic (exact) mass is 637 g/mol. The Hall–Kier alpha value is -1.89. The van der Waals surface area contributed by atoms with E-state index in [4.69, 9.17) is 10.5 Å². The number of unbranched alkanes of at least 4 members (excludes halogenated alkanes) is 20. The number of rotatable bonds is 34. The molecule has 0 heterocycles. The number of hydrogen-bond acceptors (Lipinski definition) is 5. The zero-order valence-electron chi connectivity index (χ0n) is 29.5. The van der Waals surface area contributed by atoms with Crippen molar-refractivity contribution in [3.05, 3.63) is 12.2 Å². The van der Waals surface area contributed by atoms with E-state index in [9.17, 15) is 19.5 Å². The van der Waals surface area contributed by atoms with Crippen LogP contribution in [0.15, 0.2) is 12.2 Å². The van der Waals surface area contributed by atoms with E-state index in [0.717, 1.165) is 64.2 Å². The Kier molecular flexibility index (Phi) is 32.1. The number of esters is 1. The molecule has 0 aromatic heterocycles. The molecule has 2 unspecified atom stereocenters. The smallest absolute Gasteiger partial charge is 0.326 e. The predicted octanol–water partition coefficient (Wildman–Crippen LogP) is 9.95. The summed E-state index contributed by atoms with van der Waals surface area (Å²) in [4.78, 5) is 36.0. The Bertz CT molecular complexity index is 727. The second-order valence-electron chi connectivity index (χ2n) is 13.0. The highest BCUT2D eigenvalue weighted by Crippen LogP contribution is 2.16. The molecule has 0 spiro atoms. The number of nitrogens with two attached hydrogens (primary N) is 1. The van der Waals surface area contributed by atoms with Crippen molar-refractivity contribution in [1.82, 2.24) is 5.32 Å². The number of allylic oxidation sites excluding steroid dienone is 1. The molecule has 7 nitrogen and oxygen atoms in total. The lowest BCUT2D eigenvalue weighted by atomic mass is 10.0. The van der Waals surface area contributed by atoms with Gasteiger partial charge in [-0.2, -0.15) is 0 Å². The molecule has 7 heteroatoms. The number of aliphatic carboxylic acids is 1. The quantitative estimate of drug-likeness (QED) is 0.0367. The van der Waals surface area contributed by atoms with Crippen LogP contribution >= 0.6 is 0 Å². The van der Waals surface area contributed by atoms with Gasteiger partial charge >= 0.3 is 11.9 Å². The Morgan fingerprint density at radius 1 is 0.644 bits per heavy atom. The Morgan fingerprint density at radius 3 is 1.67 bits per heavy atom. The minimum absolute atomic E-state index is 0.0602. The molecule has 2 atom stereocenters. The maximum absolute atomic E-state index is 12.6. The van der Waals surface area contributed by atoms with Gasteiger partial charge < -0.3 is 20.9 Å². The highest BCUT2D eigenvalue weighted by Gasteiger charge is 2.18. The standard InChI is InChI=1S/C38H72N2O5/c1-3-5-7-9-11-13-15-19-23-28-34(45-37(42)32-26-22-16-14-12-10-8-6-4-2)29-24-20-17-18-21-25-31-36(41)40-35(38(43)44)30-27-33-39/h23,28,34-35H,3-22,24-27,29-33,39H2,1-2H3,(H,40,41)(H,43,44)/b28-23-. The average Bonchev–Trinajstić information content (AvgIpc) is 3.02. The van der Waals surface area contributed by atoms with Gasteiger partial charge in [-0.3, -0.25) is 9.59 Å². The van der Waals surface area contributed by atoms with Crippen LogP contribution in [0.1, 0.15) is 194 Å². The van der Waals surface area contributed by atoms with E-state index < -0.39 is 12.0 Å². The number of ether oxygens (including phenoxy) is 1. The summed E-state index contributed by atoms with van der Waals surface area (Å²) >= 11 is 0. The van der Waals surface area contributed by atoms with E-state index in [0.29, 0.717) is 32.2 Å². The van der Waals surface area contributed by atoms with E-state index in [1.54, 1.807) is 0 Å². The largest absolute Gasteiger partial charge is 0.480 e. The zero-order chi connectivity index (χ0) is 33.2. The number of carboxylic acid groups (broad SMARTS) is 1. The molecule has 0 fully saturated rings. The number of carboxylic acids is 1. The van der Waals surface area contributed by atoms with Crippen LogP contribution in [0.4, 0.5) is 0 Å². The van der Waals surface area contributed by atoms with Crippen LogP contribution < -0.4 is 11.1 Å². The molecule has 4 N–H and O–H groups in total. The predicted molar refractivity (Wildman–Crippen MR) is 188 cm³/mol. The van der Waals surface area contributed by atoms with Crippen molar-refractivity contribution in [2.24, 2.45) is 5.73 Å². The Morgan fingerprint density at radius 2 is 1.13 bits per heavy atom. The summed E-state index contributed by atoms with van der Waals surface area (Å²) in [5, 5.41) is 11.9. The lowest BCUT2D eigenvalue weighted by Gasteiger charge is -2.15. The fourth-order valence-electron chi connectivity index (χ4n) is 5.65. The van der Waals surface area contributed by atoms with Crippen LogP contribution in [-0.4, -0.2) is 41.6 Å². The molecular formula is C38H72N2O5. The lowest BCUT2D eigenvalue weighted by Crippen LogP contribution is -2.40. The fourth-order valence-corrected chi connectivity index (χ4v) is 5.65. The van der Waals surface area contributed by atoms with Crippen LogP contribution in [0.3, 0.4) is 0 Å². The fraction of sp³-hybridized carbons (Fsp3) is 0.868. The van der Waals surface area contributed by atoms with Gasteiger partial charge in [0.2, 0.25) is 5.91 Å². The molecule has 0 aromatic carbocycles. The molecule has 0 rings (SSSR count). The van der Waals surface area contributed by atoms with E-state index in [-0.39, 0.29) is 18.0 Å². The summed E-state index contributed by atoms with van der Waals surface area (Å²) in [6, 6.07) is -0.849. The van der Waals surface area contributed by atoms with Crippen LogP contribution in [-0.2, 0) is 19.1 Å². The Balaban J connectivity index is 4.31. The van der Waals surface area contributed by atoms with Crippen LogP contribution in [0, 0.1) is 0 Å². The van der Waals surface area contributed by atoms with Crippen molar-refractivity contribution >= 4 is 17.8 Å². The summed E-state index contributed by atoms with van der Waals surface area (Å²) in [6.45, 7) is 4.91. The summed E-state index contributed by atoms with van der Waals surface area (Å²) in [5.41, 5.74) is 5.46. The minimum Gasteiger partial charge on any atom is -0.480 e. The lowest BCUT2D eigenvalue weighted by molar-refractivity contribution is -0.147. The van der Waals surface area contributed by atoms with Gasteiger partial charge in [-0.25, -0.2) is 4.79 Å². The maximum Gasteiger partial charge on any atom is 0.326 e. The second-order valence-corrected chi connectivity index (χ2v) is 13.0. The minimum atomic E-state index is -1.00. The zero-order valence-corrected chi connectivity index (χ0v) is 29.5. The normalized spacial score (nSPS) is 12.8. The van der Waals surface area contributed by atoms with Crippen LogP contribution in [0.5, 0.6) is 0 Å². The first kappa shape index (κ1) is 43.1. The summed E-state index contributed by atoms with van der Waals surface area (Å²) in [6.07, 6.45) is 34.1. The number of carbonyl (C=O) groups excluding carboxylic acids is 2. The van der Waals surface area contributed by atoms with E-state index in [2.05, 4.69) is 31.3 Å². The first-order valence-electron chi connectivity index (χ1n) is 19.0. The van der Waals surface area contributed by atoms with Gasteiger partial charge in [0.25, 0.3) is 0 Å². The molecule has 0 aromatic rings. The number of carbonyl (C=O) groups is 3. The van der Waals surface area contributed by atoms with Gasteiger partial charge in [-0.15, -0.1) is 0 Å². The maximum atomic E-state index is 12.6. The van der Waals surface area contributed by atoms with Gasteiger partial charge in [0.15, 0.2) is 0 Å². The van der Waals surface area contributed by atoms with Gasteiger partial charge in [-0.05, 0) is 64.0 Å². The highest BCUT2D eigenvalue weighted by atomic mass is 16.5. The van der Waals surface area contributed by atoms with Crippen molar-refractivity contribution in [3.63, 3.8) is 0 Å². The molecule has 45 heavy (non-hydrogen) atoms. The molecule has 0 saturated heterocycles. The van der Waals surface area contributed by atoms with E-state index in [1.807, 2.05) is 0 Å². The topological polar surface area (TPSA) is 119 Å². The van der Waals surface area contributed by atoms with Gasteiger partial charge in [-0.1, -0.05) is 135 Å². The Labute approximate surface area is 277 Å². The molecule has 0 aliphatic rings. The van der Waals surface area contributed by atoms with E-state index >= 15 is 0 Å². The SMILES string of the molecule is CCCCCCCCC/C=C\C(CCCCCCCCC(=O)NC(CCCN)C(=O)O)OC(=O)CCCCCCCCCCC. The summed E-state index contributed by atoms with van der Waals surface area (Å²) in [5.74, 6) is -1.26. The van der Waals surface area contributed by atoms with Crippen LogP contribution in [0.2, 0.25) is 0 Å². The number of hydrogen-bond donors (Lipinski definition) is 3. The van der Waals surface area contributed by atoms with E-state index in [1.165, 1.54) is 89.9 Å². The molecule has 0 saturated carbocycles. The number of nitrogens with one attached hydrogen (secondary N) is 1. The highest BCUT2D eigenvalue weighted by molar-refractivity contribution is 5.83. The van der Waals surface area contributed by atoms with Gasteiger partial charge in [0.1, 0.15) is 12.1 Å². The molecule has 264 valence electrons. The van der Waals surface area contributed by atoms with Crippen molar-refractivity contribution in [2.45, 2.75) is 206 Å². The van der Waals surface area contributed by atoms with Crippen molar-refractivity contribution < 1.29 is 24.2 Å². The van der Waals surface area contributed by atoms with Gasteiger partial charge in [0, 0.05) is 12.8 Å². The van der Waals surface area contributed by atoms with Crippen molar-refractivity contribution in [3.8, 4) is 0 Å². The molecule has 1 amide bonds. The van der Waals surface area contributed by atoms with Crippen molar-refractivity contribution in [1.29, 1.82) is 0 Å². The van der Waals surface area contributed by atoms with Crippen LogP contribution in [0.25, 0.3) is 0 Å². The number of amides is 1. The summed E-state index contributed by atoms with van der Waals surface area (Å²) in [7, 11) is 0. The average molecular weight is 637 g/mol. The third kappa shape index (κ3) is 30.5. The third-order valence-corrected chi connectivity index (χ3v) is 8.57. The second kappa shape index (κ2) is 33.5. The van der Waals surface area contributed by atoms with Crippen molar-refractivity contribution in [2.75, 3.05) is 6.54 Å². The first-order chi connectivity index (χ1) is 21.9. The first-order valence-corrected chi connectivity index (χ1v) is 19.0. The molecular weight excluding hydrogens is 564 g/mol. The molecule has 0 aliphatic heterocycles.